The van der Waals surface area contributed by atoms with Gasteiger partial charge in [0.15, 0.2) is 0 Å². The Kier molecular flexibility index (Phi) is 8.46. The number of alkyl halides is 3. The molecular weight excluding hydrogens is 509 g/mol. The number of rotatable bonds is 7. The summed E-state index contributed by atoms with van der Waals surface area (Å²) in [5, 5.41) is 17.8. The Morgan fingerprint density at radius 2 is 1.68 bits per heavy atom. The molecule has 2 fully saturated rings. The summed E-state index contributed by atoms with van der Waals surface area (Å²) in [5.41, 5.74) is -0.889. The molecule has 0 atom stereocenters. The SMILES string of the molecule is O=C(NCC1CCN(c2ccc(Cl)cc2)CC1)[C@H]1CC[C@H](Nc2ccc([N+](=O)[O-])c(C(F)(F)F)c2)CC1. The first-order valence-corrected chi connectivity index (χ1v) is 12.9. The Labute approximate surface area is 218 Å². The van der Waals surface area contributed by atoms with Crippen LogP contribution in [0.5, 0.6) is 0 Å². The van der Waals surface area contributed by atoms with E-state index in [0.29, 0.717) is 43.2 Å². The first-order chi connectivity index (χ1) is 17.6. The molecule has 2 N–H and O–H groups in total. The van der Waals surface area contributed by atoms with Crippen LogP contribution >= 0.6 is 11.6 Å². The van der Waals surface area contributed by atoms with E-state index in [2.05, 4.69) is 15.5 Å². The summed E-state index contributed by atoms with van der Waals surface area (Å²) in [7, 11) is 0. The van der Waals surface area contributed by atoms with Crippen molar-refractivity contribution in [2.24, 2.45) is 11.8 Å². The van der Waals surface area contributed by atoms with Gasteiger partial charge in [0.1, 0.15) is 5.56 Å². The van der Waals surface area contributed by atoms with Gasteiger partial charge in [-0.15, -0.1) is 0 Å². The molecule has 1 heterocycles. The van der Waals surface area contributed by atoms with Crippen molar-refractivity contribution in [3.05, 3.63) is 63.2 Å². The van der Waals surface area contributed by atoms with Crippen molar-refractivity contribution in [1.82, 2.24) is 5.32 Å². The van der Waals surface area contributed by atoms with Crippen LogP contribution in [0.4, 0.5) is 30.2 Å². The van der Waals surface area contributed by atoms with Crippen molar-refractivity contribution in [2.45, 2.75) is 50.7 Å². The van der Waals surface area contributed by atoms with Crippen LogP contribution in [0.3, 0.4) is 0 Å². The molecule has 1 saturated heterocycles. The van der Waals surface area contributed by atoms with E-state index >= 15 is 0 Å². The van der Waals surface area contributed by atoms with E-state index in [9.17, 15) is 28.1 Å². The van der Waals surface area contributed by atoms with Crippen LogP contribution in [-0.4, -0.2) is 36.5 Å². The van der Waals surface area contributed by atoms with Crippen molar-refractivity contribution in [2.75, 3.05) is 29.9 Å². The molecule has 1 amide bonds. The smallest absolute Gasteiger partial charge is 0.382 e. The molecule has 11 heteroatoms. The van der Waals surface area contributed by atoms with Crippen molar-refractivity contribution in [3.8, 4) is 0 Å². The number of benzene rings is 2. The lowest BCUT2D eigenvalue weighted by Crippen LogP contribution is -2.41. The largest absolute Gasteiger partial charge is 0.423 e. The predicted molar refractivity (Wildman–Crippen MR) is 137 cm³/mol. The van der Waals surface area contributed by atoms with E-state index < -0.39 is 22.4 Å². The molecule has 2 aromatic carbocycles. The Morgan fingerprint density at radius 1 is 1.03 bits per heavy atom. The van der Waals surface area contributed by atoms with Crippen molar-refractivity contribution >= 4 is 34.6 Å². The number of nitro benzene ring substituents is 1. The number of amides is 1. The number of nitrogens with zero attached hydrogens (tertiary/aromatic N) is 2. The first-order valence-electron chi connectivity index (χ1n) is 12.5. The average molecular weight is 539 g/mol. The zero-order chi connectivity index (χ0) is 26.6. The van der Waals surface area contributed by atoms with E-state index in [0.717, 1.165) is 43.8 Å². The highest BCUT2D eigenvalue weighted by molar-refractivity contribution is 6.30. The van der Waals surface area contributed by atoms with Crippen LogP contribution in [0.25, 0.3) is 0 Å². The third kappa shape index (κ3) is 7.06. The number of halogens is 4. The van der Waals surface area contributed by atoms with Gasteiger partial charge in [0.25, 0.3) is 5.69 Å². The van der Waals surface area contributed by atoms with E-state index in [4.69, 9.17) is 11.6 Å². The van der Waals surface area contributed by atoms with Gasteiger partial charge in [-0.25, -0.2) is 0 Å². The molecule has 1 aliphatic heterocycles. The number of piperidine rings is 1. The highest BCUT2D eigenvalue weighted by atomic mass is 35.5. The standard InChI is InChI=1S/C26H30ClF3N4O3/c27-19-3-8-22(9-4-19)33-13-11-17(12-14-33)16-31-25(35)18-1-5-20(6-2-18)32-21-7-10-24(34(36)37)23(15-21)26(28,29)30/h3-4,7-10,15,17-18,20,32H,1-2,5-6,11-14,16H2,(H,31,35)/t18-,20-. The van der Waals surface area contributed by atoms with Crippen molar-refractivity contribution < 1.29 is 22.9 Å². The third-order valence-corrected chi connectivity index (χ3v) is 7.59. The maximum atomic E-state index is 13.2. The maximum Gasteiger partial charge on any atom is 0.423 e. The normalized spacial score (nSPS) is 20.9. The predicted octanol–water partition coefficient (Wildman–Crippen LogP) is 6.27. The number of hydrogen-bond acceptors (Lipinski definition) is 5. The molecule has 0 spiro atoms. The lowest BCUT2D eigenvalue weighted by molar-refractivity contribution is -0.388. The van der Waals surface area contributed by atoms with E-state index in [1.54, 1.807) is 0 Å². The highest BCUT2D eigenvalue weighted by Crippen LogP contribution is 2.38. The van der Waals surface area contributed by atoms with Gasteiger partial charge >= 0.3 is 6.18 Å². The molecule has 0 aromatic heterocycles. The van der Waals surface area contributed by atoms with E-state index in [-0.39, 0.29) is 23.6 Å². The summed E-state index contributed by atoms with van der Waals surface area (Å²) in [5.74, 6) is 0.346. The van der Waals surface area contributed by atoms with Gasteiger partial charge in [0.2, 0.25) is 5.91 Å². The van der Waals surface area contributed by atoms with Crippen LogP contribution in [0, 0.1) is 22.0 Å². The molecule has 0 unspecified atom stereocenters. The fourth-order valence-corrected chi connectivity index (χ4v) is 5.31. The van der Waals surface area contributed by atoms with Gasteiger partial charge < -0.3 is 15.5 Å². The number of carbonyl (C=O) groups is 1. The monoisotopic (exact) mass is 538 g/mol. The van der Waals surface area contributed by atoms with Crippen LogP contribution in [0.1, 0.15) is 44.1 Å². The molecule has 200 valence electrons. The summed E-state index contributed by atoms with van der Waals surface area (Å²) in [6.45, 7) is 2.50. The van der Waals surface area contributed by atoms with Crippen molar-refractivity contribution in [3.63, 3.8) is 0 Å². The molecule has 7 nitrogen and oxygen atoms in total. The second-order valence-electron chi connectivity index (χ2n) is 9.83. The highest BCUT2D eigenvalue weighted by Gasteiger charge is 2.38. The number of hydrogen-bond donors (Lipinski definition) is 2. The lowest BCUT2D eigenvalue weighted by atomic mass is 9.85. The van der Waals surface area contributed by atoms with Crippen LogP contribution in [0.2, 0.25) is 5.02 Å². The molecule has 0 bridgehead atoms. The minimum absolute atomic E-state index is 0.0354. The van der Waals surface area contributed by atoms with Crippen LogP contribution in [-0.2, 0) is 11.0 Å². The summed E-state index contributed by atoms with van der Waals surface area (Å²) in [6, 6.07) is 10.7. The van der Waals surface area contributed by atoms with Gasteiger partial charge in [0.05, 0.1) is 4.92 Å². The molecule has 0 radical (unpaired) electrons. The third-order valence-electron chi connectivity index (χ3n) is 7.34. The van der Waals surface area contributed by atoms with Crippen LogP contribution < -0.4 is 15.5 Å². The van der Waals surface area contributed by atoms with Gasteiger partial charge in [-0.2, -0.15) is 13.2 Å². The zero-order valence-electron chi connectivity index (χ0n) is 20.3. The lowest BCUT2D eigenvalue weighted by Gasteiger charge is -2.34. The average Bonchev–Trinajstić information content (AvgIpc) is 2.88. The van der Waals surface area contributed by atoms with Gasteiger partial charge in [-0.1, -0.05) is 11.6 Å². The van der Waals surface area contributed by atoms with Crippen molar-refractivity contribution in [1.29, 1.82) is 0 Å². The van der Waals surface area contributed by atoms with Crippen LogP contribution in [0.15, 0.2) is 42.5 Å². The van der Waals surface area contributed by atoms with Gasteiger partial charge in [-0.05, 0) is 80.8 Å². The van der Waals surface area contributed by atoms with Gasteiger partial charge in [0, 0.05) is 54.1 Å². The van der Waals surface area contributed by atoms with E-state index in [1.165, 1.54) is 6.07 Å². The summed E-state index contributed by atoms with van der Waals surface area (Å²) >= 11 is 5.97. The minimum Gasteiger partial charge on any atom is -0.382 e. The fourth-order valence-electron chi connectivity index (χ4n) is 5.18. The molecule has 37 heavy (non-hydrogen) atoms. The molecule has 4 rings (SSSR count). The summed E-state index contributed by atoms with van der Waals surface area (Å²) in [4.78, 5) is 25.0. The molecule has 2 aliphatic rings. The molecule has 1 saturated carbocycles. The Morgan fingerprint density at radius 3 is 2.27 bits per heavy atom. The Bertz CT molecular complexity index is 1100. The number of nitrogens with one attached hydrogen (secondary N) is 2. The fraction of sp³-hybridized carbons (Fsp3) is 0.500. The Hall–Kier alpha value is -3.01. The van der Waals surface area contributed by atoms with E-state index in [1.807, 2.05) is 24.3 Å². The second-order valence-corrected chi connectivity index (χ2v) is 10.3. The topological polar surface area (TPSA) is 87.5 Å². The van der Waals surface area contributed by atoms with Gasteiger partial charge in [-0.3, -0.25) is 14.9 Å². The number of carbonyl (C=O) groups excluding carboxylic acids is 1. The minimum atomic E-state index is -4.82. The second kappa shape index (κ2) is 11.6. The summed E-state index contributed by atoms with van der Waals surface area (Å²) in [6.07, 6.45) is -0.285. The quantitative estimate of drug-likeness (QED) is 0.320. The Balaban J connectivity index is 1.20. The number of nitro groups is 1. The molecular formula is C26H30ClF3N4O3. The summed E-state index contributed by atoms with van der Waals surface area (Å²) < 4.78 is 39.7. The maximum absolute atomic E-state index is 13.2. The zero-order valence-corrected chi connectivity index (χ0v) is 21.0. The number of anilines is 2. The molecule has 1 aliphatic carbocycles. The first kappa shape index (κ1) is 27.0. The molecule has 2 aromatic rings.